The van der Waals surface area contributed by atoms with Crippen molar-refractivity contribution in [3.8, 4) is 0 Å². The smallest absolute Gasteiger partial charge is 0.150 e. The third kappa shape index (κ3) is 3.26. The molecule has 0 aliphatic carbocycles. The largest absolute Gasteiger partial charge is 0.364 e. The van der Waals surface area contributed by atoms with Gasteiger partial charge in [-0.05, 0) is 38.4 Å². The van der Waals surface area contributed by atoms with Crippen LogP contribution in [0.1, 0.15) is 26.7 Å². The summed E-state index contributed by atoms with van der Waals surface area (Å²) in [6.07, 6.45) is 1.82. The van der Waals surface area contributed by atoms with Crippen molar-refractivity contribution in [1.82, 2.24) is 5.32 Å². The van der Waals surface area contributed by atoms with Crippen LogP contribution in [-0.4, -0.2) is 25.2 Å². The summed E-state index contributed by atoms with van der Waals surface area (Å²) in [6, 6.07) is 3.21. The normalized spacial score (nSPS) is 23.7. The molecule has 0 amide bonds. The number of hydrogen-bond acceptors (Lipinski definition) is 2. The van der Waals surface area contributed by atoms with Crippen molar-refractivity contribution in [3.63, 3.8) is 0 Å². The van der Waals surface area contributed by atoms with E-state index in [0.717, 1.165) is 19.4 Å². The number of rotatable bonds is 3. The highest BCUT2D eigenvalue weighted by atomic mass is 79.9. The predicted molar refractivity (Wildman–Crippen MR) is 77.6 cm³/mol. The van der Waals surface area contributed by atoms with Gasteiger partial charge in [0.25, 0.3) is 0 Å². The molecule has 19 heavy (non-hydrogen) atoms. The summed E-state index contributed by atoms with van der Waals surface area (Å²) in [5.41, 5.74) is 0.102. The van der Waals surface area contributed by atoms with Gasteiger partial charge in [0.2, 0.25) is 0 Å². The van der Waals surface area contributed by atoms with Crippen molar-refractivity contribution in [2.24, 2.45) is 0 Å². The SMILES string of the molecule is CCNC1CCN(c2c(F)cc(Br)cc2F)C(C)C1. The summed E-state index contributed by atoms with van der Waals surface area (Å²) in [6.45, 7) is 5.70. The molecule has 0 aromatic heterocycles. The van der Waals surface area contributed by atoms with E-state index in [1.807, 2.05) is 11.8 Å². The maximum absolute atomic E-state index is 14.0. The quantitative estimate of drug-likeness (QED) is 0.908. The lowest BCUT2D eigenvalue weighted by Gasteiger charge is -2.39. The second kappa shape index (κ2) is 6.18. The van der Waals surface area contributed by atoms with E-state index in [1.54, 1.807) is 0 Å². The van der Waals surface area contributed by atoms with Gasteiger partial charge in [-0.25, -0.2) is 8.78 Å². The Morgan fingerprint density at radius 3 is 2.53 bits per heavy atom. The van der Waals surface area contributed by atoms with E-state index in [2.05, 4.69) is 28.2 Å². The molecule has 106 valence electrons. The molecule has 0 bridgehead atoms. The minimum Gasteiger partial charge on any atom is -0.364 e. The summed E-state index contributed by atoms with van der Waals surface area (Å²) in [5.74, 6) is -0.999. The highest BCUT2D eigenvalue weighted by molar-refractivity contribution is 9.10. The maximum Gasteiger partial charge on any atom is 0.150 e. The Labute approximate surface area is 121 Å². The average Bonchev–Trinajstić information content (AvgIpc) is 2.31. The Kier molecular flexibility index (Phi) is 4.79. The van der Waals surface area contributed by atoms with Crippen LogP contribution in [0, 0.1) is 11.6 Å². The molecule has 1 aromatic rings. The van der Waals surface area contributed by atoms with Gasteiger partial charge >= 0.3 is 0 Å². The van der Waals surface area contributed by atoms with Crippen LogP contribution in [0.15, 0.2) is 16.6 Å². The Hall–Kier alpha value is -0.680. The van der Waals surface area contributed by atoms with Crippen LogP contribution in [0.4, 0.5) is 14.5 Å². The van der Waals surface area contributed by atoms with Crippen molar-refractivity contribution >= 4 is 21.6 Å². The Bertz CT molecular complexity index is 430. The monoisotopic (exact) mass is 332 g/mol. The third-order valence-electron chi connectivity index (χ3n) is 3.64. The molecule has 2 unspecified atom stereocenters. The van der Waals surface area contributed by atoms with Gasteiger partial charge in [-0.15, -0.1) is 0 Å². The molecule has 0 saturated carbocycles. The predicted octanol–water partition coefficient (Wildman–Crippen LogP) is 3.69. The highest BCUT2D eigenvalue weighted by Crippen LogP contribution is 2.31. The molecule has 1 saturated heterocycles. The second-order valence-electron chi connectivity index (χ2n) is 5.04. The Morgan fingerprint density at radius 1 is 1.37 bits per heavy atom. The first kappa shape index (κ1) is 14.7. The molecule has 1 heterocycles. The molecule has 0 radical (unpaired) electrons. The third-order valence-corrected chi connectivity index (χ3v) is 4.10. The zero-order chi connectivity index (χ0) is 14.0. The maximum atomic E-state index is 14.0. The van der Waals surface area contributed by atoms with Crippen molar-refractivity contribution in [2.45, 2.75) is 38.8 Å². The lowest BCUT2D eigenvalue weighted by molar-refractivity contribution is 0.368. The number of hydrogen-bond donors (Lipinski definition) is 1. The van der Waals surface area contributed by atoms with Gasteiger partial charge in [-0.1, -0.05) is 22.9 Å². The number of anilines is 1. The average molecular weight is 333 g/mol. The van der Waals surface area contributed by atoms with Crippen LogP contribution < -0.4 is 10.2 Å². The zero-order valence-electron chi connectivity index (χ0n) is 11.2. The standard InChI is InChI=1S/C14H19BrF2N2/c1-3-18-11-4-5-19(9(2)6-11)14-12(16)7-10(15)8-13(14)17/h7-9,11,18H,3-6H2,1-2H3. The second-order valence-corrected chi connectivity index (χ2v) is 5.96. The van der Waals surface area contributed by atoms with Crippen molar-refractivity contribution in [1.29, 1.82) is 0 Å². The summed E-state index contributed by atoms with van der Waals surface area (Å²) in [7, 11) is 0. The van der Waals surface area contributed by atoms with Gasteiger partial charge in [-0.2, -0.15) is 0 Å². The summed E-state index contributed by atoms with van der Waals surface area (Å²) in [4.78, 5) is 1.84. The van der Waals surface area contributed by atoms with Crippen molar-refractivity contribution < 1.29 is 8.78 Å². The van der Waals surface area contributed by atoms with E-state index in [1.165, 1.54) is 12.1 Å². The van der Waals surface area contributed by atoms with Crippen LogP contribution in [0.25, 0.3) is 0 Å². The van der Waals surface area contributed by atoms with Crippen molar-refractivity contribution in [3.05, 3.63) is 28.2 Å². The fraction of sp³-hybridized carbons (Fsp3) is 0.571. The van der Waals surface area contributed by atoms with Crippen LogP contribution in [0.2, 0.25) is 0 Å². The molecule has 0 spiro atoms. The van der Waals surface area contributed by atoms with Gasteiger partial charge in [0, 0.05) is 23.1 Å². The minimum atomic E-state index is -0.499. The van der Waals surface area contributed by atoms with E-state index in [4.69, 9.17) is 0 Å². The van der Waals surface area contributed by atoms with Gasteiger partial charge in [-0.3, -0.25) is 0 Å². The number of benzene rings is 1. The van der Waals surface area contributed by atoms with E-state index < -0.39 is 11.6 Å². The zero-order valence-corrected chi connectivity index (χ0v) is 12.8. The molecule has 5 heteroatoms. The number of nitrogens with zero attached hydrogens (tertiary/aromatic N) is 1. The van der Waals surface area contributed by atoms with E-state index in [0.29, 0.717) is 17.1 Å². The number of nitrogens with one attached hydrogen (secondary N) is 1. The molecule has 2 atom stereocenters. The summed E-state index contributed by atoms with van der Waals surface area (Å²) in [5, 5.41) is 3.40. The molecule has 1 aromatic carbocycles. The van der Waals surface area contributed by atoms with E-state index in [-0.39, 0.29) is 11.7 Å². The molecule has 1 aliphatic heterocycles. The fourth-order valence-electron chi connectivity index (χ4n) is 2.79. The number of piperidine rings is 1. The summed E-state index contributed by atoms with van der Waals surface area (Å²) < 4.78 is 28.4. The lowest BCUT2D eigenvalue weighted by Crippen LogP contribution is -2.48. The topological polar surface area (TPSA) is 15.3 Å². The minimum absolute atomic E-state index is 0.102. The molecular formula is C14H19BrF2N2. The molecule has 1 N–H and O–H groups in total. The van der Waals surface area contributed by atoms with Crippen LogP contribution in [0.5, 0.6) is 0 Å². The lowest BCUT2D eigenvalue weighted by atomic mass is 9.97. The van der Waals surface area contributed by atoms with Crippen LogP contribution in [0.3, 0.4) is 0 Å². The fourth-order valence-corrected chi connectivity index (χ4v) is 3.19. The van der Waals surface area contributed by atoms with Gasteiger partial charge in [0.15, 0.2) is 11.6 Å². The number of halogens is 3. The first-order valence-corrected chi connectivity index (χ1v) is 7.46. The molecule has 1 fully saturated rings. The van der Waals surface area contributed by atoms with Crippen LogP contribution >= 0.6 is 15.9 Å². The van der Waals surface area contributed by atoms with E-state index >= 15 is 0 Å². The molecule has 1 aliphatic rings. The molecular weight excluding hydrogens is 314 g/mol. The van der Waals surface area contributed by atoms with Gasteiger partial charge < -0.3 is 10.2 Å². The van der Waals surface area contributed by atoms with Crippen molar-refractivity contribution in [2.75, 3.05) is 18.0 Å². The summed E-state index contributed by atoms with van der Waals surface area (Å²) >= 11 is 3.11. The molecule has 2 nitrogen and oxygen atoms in total. The van der Waals surface area contributed by atoms with Gasteiger partial charge in [0.05, 0.1) is 0 Å². The van der Waals surface area contributed by atoms with Gasteiger partial charge in [0.1, 0.15) is 5.69 Å². The van der Waals surface area contributed by atoms with E-state index in [9.17, 15) is 8.78 Å². The Morgan fingerprint density at radius 2 is 2.00 bits per heavy atom. The molecule has 2 rings (SSSR count). The Balaban J connectivity index is 2.19. The first-order chi connectivity index (χ1) is 9.02. The first-order valence-electron chi connectivity index (χ1n) is 6.67. The van der Waals surface area contributed by atoms with Crippen LogP contribution in [-0.2, 0) is 0 Å². The highest BCUT2D eigenvalue weighted by Gasteiger charge is 2.28.